The molecule has 2 unspecified atom stereocenters. The second kappa shape index (κ2) is 31.2. The Hall–Kier alpha value is -7.98. The van der Waals surface area contributed by atoms with E-state index in [2.05, 4.69) is 34.1 Å². The van der Waals surface area contributed by atoms with Gasteiger partial charge in [-0.25, -0.2) is 19.2 Å². The van der Waals surface area contributed by atoms with Gasteiger partial charge < -0.3 is 67.8 Å². The van der Waals surface area contributed by atoms with Crippen molar-refractivity contribution >= 4 is 35.8 Å². The molecule has 0 saturated carbocycles. The lowest BCUT2D eigenvalue weighted by atomic mass is 9.88. The minimum atomic E-state index is -1.82. The fourth-order valence-electron chi connectivity index (χ4n) is 9.00. The van der Waals surface area contributed by atoms with E-state index in [9.17, 15) is 9.59 Å². The van der Waals surface area contributed by atoms with Crippen molar-refractivity contribution in [1.29, 1.82) is 0 Å². The lowest BCUT2D eigenvalue weighted by molar-refractivity contribution is -0.159. The smallest absolute Gasteiger partial charge is 0.414 e. The van der Waals surface area contributed by atoms with E-state index < -0.39 is 23.9 Å². The molecule has 2 heterocycles. The summed E-state index contributed by atoms with van der Waals surface area (Å²) in [6, 6.07) is 20.2. The van der Waals surface area contributed by atoms with Crippen LogP contribution in [0.3, 0.4) is 0 Å². The Bertz CT molecular complexity index is 2440. The van der Waals surface area contributed by atoms with Gasteiger partial charge in [-0.1, -0.05) is 12.1 Å². The summed E-state index contributed by atoms with van der Waals surface area (Å²) in [5, 5.41) is 29.6. The van der Waals surface area contributed by atoms with Crippen LogP contribution in [0, 0.1) is 0 Å². The summed E-state index contributed by atoms with van der Waals surface area (Å²) in [7, 11) is 13.1. The van der Waals surface area contributed by atoms with Crippen LogP contribution in [0.25, 0.3) is 0 Å². The van der Waals surface area contributed by atoms with Gasteiger partial charge in [0.1, 0.15) is 0 Å². The van der Waals surface area contributed by atoms with E-state index in [0.29, 0.717) is 98.0 Å². The van der Waals surface area contributed by atoms with Crippen molar-refractivity contribution < 1.29 is 96.6 Å². The lowest BCUT2D eigenvalue weighted by Gasteiger charge is -2.38. The third-order valence-corrected chi connectivity index (χ3v) is 12.9. The normalized spacial score (nSPS) is 14.5. The predicted molar refractivity (Wildman–Crippen MR) is 277 cm³/mol. The van der Waals surface area contributed by atoms with E-state index in [4.69, 9.17) is 87.0 Å². The van der Waals surface area contributed by atoms with E-state index >= 15 is 0 Å². The molecular formula is C55H70N2O20. The monoisotopic (exact) mass is 1080 g/mol. The number of carbonyl (C=O) groups excluding carboxylic acids is 2. The third kappa shape index (κ3) is 18.1. The van der Waals surface area contributed by atoms with E-state index in [1.54, 1.807) is 56.9 Å². The predicted octanol–water partition coefficient (Wildman–Crippen LogP) is 6.09. The molecule has 6 rings (SSSR count). The number of hydrogen-bond donors (Lipinski definition) is 4. The number of esters is 2. The molecule has 0 fully saturated rings. The van der Waals surface area contributed by atoms with E-state index in [0.717, 1.165) is 54.6 Å². The maximum atomic E-state index is 13.0. The highest BCUT2D eigenvalue weighted by molar-refractivity contribution is 6.27. The zero-order valence-electron chi connectivity index (χ0n) is 44.8. The number of unbranched alkanes of at least 4 members (excludes halogenated alkanes) is 2. The van der Waals surface area contributed by atoms with Crippen LogP contribution in [-0.2, 0) is 63.9 Å². The molecular weight excluding hydrogens is 1010 g/mol. The van der Waals surface area contributed by atoms with Crippen molar-refractivity contribution in [2.75, 3.05) is 96.3 Å². The number of fused-ring (bicyclic) bond motifs is 2. The number of ether oxygens (including phenoxy) is 10. The van der Waals surface area contributed by atoms with Gasteiger partial charge in [-0.15, -0.1) is 0 Å². The summed E-state index contributed by atoms with van der Waals surface area (Å²) < 4.78 is 56.1. The highest BCUT2D eigenvalue weighted by atomic mass is 16.5. The fourth-order valence-corrected chi connectivity index (χ4v) is 9.00. The van der Waals surface area contributed by atoms with Gasteiger partial charge in [0.05, 0.1) is 82.9 Å². The highest BCUT2D eigenvalue weighted by Gasteiger charge is 2.32. The average molecular weight is 1080 g/mol. The molecule has 2 aliphatic heterocycles. The van der Waals surface area contributed by atoms with Crippen LogP contribution in [0.15, 0.2) is 60.7 Å². The molecule has 0 radical (unpaired) electrons. The van der Waals surface area contributed by atoms with Gasteiger partial charge in [0.15, 0.2) is 46.0 Å². The molecule has 0 amide bonds. The number of rotatable bonds is 24. The van der Waals surface area contributed by atoms with Gasteiger partial charge >= 0.3 is 35.8 Å². The molecule has 22 nitrogen and oxygen atoms in total. The minimum Gasteiger partial charge on any atom is -0.493 e. The average Bonchev–Trinajstić information content (AvgIpc) is 3.43. The number of aliphatic carboxylic acids is 4. The number of carbonyl (C=O) groups is 6. The topological polar surface area (TPSA) is 282 Å². The van der Waals surface area contributed by atoms with E-state index in [1.807, 2.05) is 36.4 Å². The van der Waals surface area contributed by atoms with Crippen molar-refractivity contribution in [3.63, 3.8) is 0 Å². The molecule has 4 aromatic rings. The number of carboxylic acids is 4. The van der Waals surface area contributed by atoms with Crippen LogP contribution in [0.4, 0.5) is 0 Å². The van der Waals surface area contributed by atoms with Crippen molar-refractivity contribution in [3.05, 3.63) is 94.0 Å². The molecule has 0 aliphatic carbocycles. The largest absolute Gasteiger partial charge is 0.493 e. The molecule has 2 aliphatic rings. The van der Waals surface area contributed by atoms with Gasteiger partial charge in [0.2, 0.25) is 0 Å². The summed E-state index contributed by atoms with van der Waals surface area (Å²) in [5.41, 5.74) is 6.86. The number of nitrogens with zero attached hydrogens (tertiary/aromatic N) is 2. The van der Waals surface area contributed by atoms with Crippen LogP contribution in [-0.4, -0.2) is 162 Å². The van der Waals surface area contributed by atoms with Crippen molar-refractivity contribution in [2.45, 2.75) is 69.9 Å². The van der Waals surface area contributed by atoms with Crippen LogP contribution in [0.5, 0.6) is 46.0 Å². The van der Waals surface area contributed by atoms with Crippen molar-refractivity contribution in [1.82, 2.24) is 9.80 Å². The lowest BCUT2D eigenvalue weighted by Crippen LogP contribution is -2.38. The zero-order chi connectivity index (χ0) is 56.6. The molecule has 2 atom stereocenters. The van der Waals surface area contributed by atoms with Gasteiger partial charge in [-0.3, -0.25) is 19.4 Å². The first-order valence-corrected chi connectivity index (χ1v) is 24.6. The summed E-state index contributed by atoms with van der Waals surface area (Å²) >= 11 is 0. The SMILES string of the molecule is COc1ccc(CC2c3cc(OC)c(OC)cc3CCN2CCC(=O)OCCCCCOC(=O)CCN2CCc3cc(OC)c(OC)cc3C2Cc2ccc(OC)c(OC)c2)cc1OC.O=C(O)C(=O)O.O=C(O)C(=O)O. The van der Waals surface area contributed by atoms with Gasteiger partial charge in [-0.05, 0) is 127 Å². The van der Waals surface area contributed by atoms with Crippen LogP contribution < -0.4 is 37.9 Å². The first-order chi connectivity index (χ1) is 36.9. The van der Waals surface area contributed by atoms with Crippen molar-refractivity contribution in [2.24, 2.45) is 0 Å². The van der Waals surface area contributed by atoms with Gasteiger partial charge in [0, 0.05) is 38.3 Å². The van der Waals surface area contributed by atoms with Crippen LogP contribution in [0.1, 0.15) is 77.6 Å². The molecule has 22 heteroatoms. The first-order valence-electron chi connectivity index (χ1n) is 24.6. The number of benzene rings is 4. The molecule has 77 heavy (non-hydrogen) atoms. The summed E-state index contributed by atoms with van der Waals surface area (Å²) in [6.45, 7) is 3.29. The first kappa shape index (κ1) is 61.6. The Morgan fingerprint density at radius 1 is 0.429 bits per heavy atom. The number of methoxy groups -OCH3 is 8. The fraction of sp³-hybridized carbons (Fsp3) is 0.455. The number of hydrogen-bond acceptors (Lipinski definition) is 18. The van der Waals surface area contributed by atoms with Gasteiger partial charge in [0.25, 0.3) is 0 Å². The zero-order valence-corrected chi connectivity index (χ0v) is 44.8. The van der Waals surface area contributed by atoms with Crippen LogP contribution in [0.2, 0.25) is 0 Å². The molecule has 0 saturated heterocycles. The molecule has 0 aromatic heterocycles. The Balaban J connectivity index is 0.000000956. The summed E-state index contributed by atoms with van der Waals surface area (Å²) in [6.07, 6.45) is 5.69. The van der Waals surface area contributed by atoms with Crippen LogP contribution >= 0.6 is 0 Å². The Morgan fingerprint density at radius 2 is 0.740 bits per heavy atom. The molecule has 4 N–H and O–H groups in total. The Kier molecular flexibility index (Phi) is 24.9. The maximum absolute atomic E-state index is 13.0. The van der Waals surface area contributed by atoms with Gasteiger partial charge in [-0.2, -0.15) is 0 Å². The Labute approximate surface area is 447 Å². The highest BCUT2D eigenvalue weighted by Crippen LogP contribution is 2.42. The second-order valence-corrected chi connectivity index (χ2v) is 17.4. The summed E-state index contributed by atoms with van der Waals surface area (Å²) in [4.78, 5) is 67.1. The molecule has 0 bridgehead atoms. The summed E-state index contributed by atoms with van der Waals surface area (Å²) in [5.74, 6) is -2.34. The van der Waals surface area contributed by atoms with E-state index in [1.165, 1.54) is 11.1 Å². The molecule has 420 valence electrons. The van der Waals surface area contributed by atoms with E-state index in [-0.39, 0.29) is 36.9 Å². The maximum Gasteiger partial charge on any atom is 0.414 e. The molecule has 4 aromatic carbocycles. The van der Waals surface area contributed by atoms with Crippen molar-refractivity contribution in [3.8, 4) is 46.0 Å². The quantitative estimate of drug-likeness (QED) is 0.0351. The molecule has 0 spiro atoms. The number of carboxylic acid groups (broad SMARTS) is 4. The second-order valence-electron chi connectivity index (χ2n) is 17.4. The Morgan fingerprint density at radius 3 is 1.05 bits per heavy atom. The standard InChI is InChI=1S/C51H66N2O12.2C2H2O4/c1-56-42-14-12-34(28-44(42)58-3)26-40-38-32-48(62-7)46(60-5)30-36(38)16-20-52(40)22-18-50(54)64-24-10-9-11-25-65-51(55)19-23-53-21-17-37-31-47(61-6)49(63-8)33-39(37)41(53)27-35-13-15-43(57-2)45(29-35)59-4;2*3-1(4)2(5)6/h12-15,28-33,40-41H,9-11,16-27H2,1-8H3;2*(H,3,4)(H,5,6). The minimum absolute atomic E-state index is 0.0112. The third-order valence-electron chi connectivity index (χ3n) is 12.9.